The molecule has 0 unspecified atom stereocenters. The van der Waals surface area contributed by atoms with Gasteiger partial charge in [-0.3, -0.25) is 14.7 Å². The van der Waals surface area contributed by atoms with Crippen molar-refractivity contribution in [2.45, 2.75) is 25.4 Å². The highest BCUT2D eigenvalue weighted by atomic mass is 32.2. The van der Waals surface area contributed by atoms with Crippen LogP contribution in [0, 0.1) is 13.8 Å². The van der Waals surface area contributed by atoms with Crippen molar-refractivity contribution in [2.75, 3.05) is 49.2 Å². The largest absolute Gasteiger partial charge is 0.367 e. The van der Waals surface area contributed by atoms with Crippen molar-refractivity contribution in [1.29, 1.82) is 0 Å². The summed E-state index contributed by atoms with van der Waals surface area (Å²) >= 11 is 3.13. The fraction of sp³-hybridized carbons (Fsp3) is 0.346. The fourth-order valence-corrected chi connectivity index (χ4v) is 6.92. The molecule has 0 spiro atoms. The summed E-state index contributed by atoms with van der Waals surface area (Å²) in [5.74, 6) is 6.96. The molecule has 1 aliphatic heterocycles. The first-order chi connectivity index (χ1) is 17.5. The second kappa shape index (κ2) is 9.42. The summed E-state index contributed by atoms with van der Waals surface area (Å²) < 4.78 is 3.42. The van der Waals surface area contributed by atoms with Crippen molar-refractivity contribution in [2.24, 2.45) is 0 Å². The van der Waals surface area contributed by atoms with E-state index in [0.29, 0.717) is 10.5 Å². The Morgan fingerprint density at radius 2 is 1.94 bits per heavy atom. The average Bonchev–Trinajstić information content (AvgIpc) is 3.49. The molecule has 4 aromatic heterocycles. The number of aromatic nitrogens is 4. The number of piperazine rings is 1. The summed E-state index contributed by atoms with van der Waals surface area (Å²) in [6.07, 6.45) is 5.07. The first-order valence-corrected chi connectivity index (χ1v) is 14.0. The fourth-order valence-electron chi connectivity index (χ4n) is 5.00. The van der Waals surface area contributed by atoms with Gasteiger partial charge in [-0.15, -0.1) is 11.3 Å². The first kappa shape index (κ1) is 23.3. The Hall–Kier alpha value is -3.08. The second-order valence-electron chi connectivity index (χ2n) is 9.27. The Balaban J connectivity index is 1.06. The lowest BCUT2D eigenvalue weighted by Gasteiger charge is -2.36. The molecule has 0 radical (unpaired) electrons. The molecule has 8 nitrogen and oxygen atoms in total. The molecule has 10 heteroatoms. The quantitative estimate of drug-likeness (QED) is 0.158. The number of aryl methyl sites for hydroxylation is 2. The number of anilines is 1. The van der Waals surface area contributed by atoms with E-state index in [4.69, 9.17) is 10.8 Å². The number of fused-ring (bicyclic) bond motifs is 4. The number of hydrogen-bond acceptors (Lipinski definition) is 8. The maximum atomic E-state index is 12.7. The van der Waals surface area contributed by atoms with Crippen LogP contribution in [0.4, 0.5) is 5.69 Å². The maximum Gasteiger partial charge on any atom is 0.281 e. The molecule has 0 aliphatic carbocycles. The number of benzene rings is 1. The average molecular weight is 520 g/mol. The summed E-state index contributed by atoms with van der Waals surface area (Å²) in [4.78, 5) is 29.0. The van der Waals surface area contributed by atoms with Gasteiger partial charge in [0.1, 0.15) is 10.3 Å². The van der Waals surface area contributed by atoms with Crippen LogP contribution >= 0.6 is 23.1 Å². The van der Waals surface area contributed by atoms with Crippen molar-refractivity contribution in [3.05, 3.63) is 63.5 Å². The zero-order valence-electron chi connectivity index (χ0n) is 20.5. The molecule has 0 atom stereocenters. The Bertz CT molecular complexity index is 1630. The Kier molecular flexibility index (Phi) is 6.10. The van der Waals surface area contributed by atoms with Crippen LogP contribution in [0.1, 0.15) is 16.9 Å². The number of thiophene rings is 1. The van der Waals surface area contributed by atoms with E-state index in [2.05, 4.69) is 55.7 Å². The zero-order chi connectivity index (χ0) is 24.8. The number of hydrogen-bond donors (Lipinski definition) is 1. The normalized spacial score (nSPS) is 15.0. The van der Waals surface area contributed by atoms with E-state index >= 15 is 0 Å². The molecule has 1 aliphatic rings. The van der Waals surface area contributed by atoms with E-state index in [1.807, 2.05) is 20.0 Å². The van der Waals surface area contributed by atoms with Gasteiger partial charge in [-0.2, -0.15) is 0 Å². The van der Waals surface area contributed by atoms with E-state index in [9.17, 15) is 4.79 Å². The Morgan fingerprint density at radius 3 is 2.78 bits per heavy atom. The highest BCUT2D eigenvalue weighted by molar-refractivity contribution is 7.99. The van der Waals surface area contributed by atoms with Gasteiger partial charge < -0.3 is 15.1 Å². The van der Waals surface area contributed by atoms with Crippen molar-refractivity contribution in [3.8, 4) is 0 Å². The first-order valence-electron chi connectivity index (χ1n) is 12.2. The number of nitrogen functional groups attached to an aromatic ring is 1. The third-order valence-corrected chi connectivity index (χ3v) is 9.26. The van der Waals surface area contributed by atoms with Crippen molar-refractivity contribution >= 4 is 55.6 Å². The topological polar surface area (TPSA) is 84.7 Å². The van der Waals surface area contributed by atoms with Gasteiger partial charge in [-0.05, 0) is 56.6 Å². The highest BCUT2D eigenvalue weighted by Crippen LogP contribution is 2.29. The molecule has 1 aromatic carbocycles. The predicted molar refractivity (Wildman–Crippen MR) is 150 cm³/mol. The molecule has 0 amide bonds. The molecule has 5 heterocycles. The van der Waals surface area contributed by atoms with E-state index in [1.165, 1.54) is 10.4 Å². The van der Waals surface area contributed by atoms with Crippen molar-refractivity contribution < 1.29 is 0 Å². The predicted octanol–water partition coefficient (Wildman–Crippen LogP) is 3.89. The lowest BCUT2D eigenvalue weighted by molar-refractivity contribution is 0.259. The van der Waals surface area contributed by atoms with Crippen LogP contribution in [0.15, 0.2) is 52.7 Å². The minimum Gasteiger partial charge on any atom is -0.367 e. The van der Waals surface area contributed by atoms with Gasteiger partial charge in [0.2, 0.25) is 0 Å². The van der Waals surface area contributed by atoms with Gasteiger partial charge in [0, 0.05) is 43.0 Å². The van der Waals surface area contributed by atoms with Gasteiger partial charge >= 0.3 is 0 Å². The van der Waals surface area contributed by atoms with E-state index in [1.54, 1.807) is 23.1 Å². The Labute approximate surface area is 217 Å². The Morgan fingerprint density at radius 1 is 1.11 bits per heavy atom. The van der Waals surface area contributed by atoms with Crippen molar-refractivity contribution in [1.82, 2.24) is 23.9 Å². The summed E-state index contributed by atoms with van der Waals surface area (Å²) in [6.45, 7) is 9.00. The van der Waals surface area contributed by atoms with E-state index < -0.39 is 0 Å². The molecule has 2 N–H and O–H groups in total. The van der Waals surface area contributed by atoms with Gasteiger partial charge in [-0.1, -0.05) is 17.8 Å². The number of thioether (sulfide) groups is 1. The highest BCUT2D eigenvalue weighted by Gasteiger charge is 2.20. The smallest absolute Gasteiger partial charge is 0.281 e. The van der Waals surface area contributed by atoms with Gasteiger partial charge in [0.25, 0.3) is 5.56 Å². The standard InChI is InChI=1S/C26H29N7OS2/c1-17-18(2)36-24-22(17)25(34)33(27)26(29-24)35-15-5-9-30-11-13-31(14-12-30)20-7-3-8-21-23(20)28-16-19-6-4-10-32(19)21/h3-4,6-8,10,16H,5,9,11-15,27H2,1-2H3. The molecule has 186 valence electrons. The zero-order valence-corrected chi connectivity index (χ0v) is 22.1. The number of nitrogens with zero attached hydrogens (tertiary/aromatic N) is 6. The molecule has 0 bridgehead atoms. The van der Waals surface area contributed by atoms with Crippen LogP contribution < -0.4 is 16.3 Å². The SMILES string of the molecule is Cc1sc2nc(SCCCN3CCN(c4cccc5c4ncc4cccn45)CC3)n(N)c(=O)c2c1C. The molecule has 6 rings (SSSR count). The van der Waals surface area contributed by atoms with Crippen LogP contribution in [0.3, 0.4) is 0 Å². The van der Waals surface area contributed by atoms with Crippen LogP contribution in [0.25, 0.3) is 26.8 Å². The molecule has 5 aromatic rings. The molecule has 0 saturated carbocycles. The van der Waals surface area contributed by atoms with E-state index in [-0.39, 0.29) is 5.56 Å². The third kappa shape index (κ3) is 4.03. The van der Waals surface area contributed by atoms with Crippen LogP contribution in [-0.2, 0) is 0 Å². The number of para-hydroxylation sites is 1. The molecule has 36 heavy (non-hydrogen) atoms. The van der Waals surface area contributed by atoms with Crippen LogP contribution in [0.2, 0.25) is 0 Å². The number of nitrogens with two attached hydrogens (primary N) is 1. The van der Waals surface area contributed by atoms with Crippen LogP contribution in [-0.4, -0.2) is 62.4 Å². The number of rotatable bonds is 6. The second-order valence-corrected chi connectivity index (χ2v) is 11.5. The molecular formula is C26H29N7OS2. The summed E-state index contributed by atoms with van der Waals surface area (Å²) in [5, 5.41) is 1.25. The third-order valence-electron chi connectivity index (χ3n) is 7.12. The van der Waals surface area contributed by atoms with Crippen LogP contribution in [0.5, 0.6) is 0 Å². The van der Waals surface area contributed by atoms with Gasteiger partial charge in [-0.25, -0.2) is 9.66 Å². The lowest BCUT2D eigenvalue weighted by atomic mass is 10.2. The maximum absolute atomic E-state index is 12.7. The summed E-state index contributed by atoms with van der Waals surface area (Å²) in [7, 11) is 0. The van der Waals surface area contributed by atoms with Gasteiger partial charge in [0.15, 0.2) is 5.16 Å². The molecule has 1 fully saturated rings. The summed E-state index contributed by atoms with van der Waals surface area (Å²) in [6, 6.07) is 10.6. The molecular weight excluding hydrogens is 490 g/mol. The van der Waals surface area contributed by atoms with Crippen molar-refractivity contribution in [3.63, 3.8) is 0 Å². The minimum absolute atomic E-state index is 0.152. The van der Waals surface area contributed by atoms with E-state index in [0.717, 1.165) is 76.7 Å². The van der Waals surface area contributed by atoms with Gasteiger partial charge in [0.05, 0.1) is 28.3 Å². The molecule has 1 saturated heterocycles. The summed E-state index contributed by atoms with van der Waals surface area (Å²) in [5.41, 5.74) is 5.36. The minimum atomic E-state index is -0.152. The monoisotopic (exact) mass is 519 g/mol. The lowest BCUT2D eigenvalue weighted by Crippen LogP contribution is -2.46.